The van der Waals surface area contributed by atoms with Crippen LogP contribution in [0.25, 0.3) is 0 Å². The molecule has 0 unspecified atom stereocenters. The number of nitrogens with zero attached hydrogens (tertiary/aromatic N) is 3. The maximum Gasteiger partial charge on any atom is 0.406 e. The average Bonchev–Trinajstić information content (AvgIpc) is 3.61. The number of halogens is 6. The van der Waals surface area contributed by atoms with E-state index in [1.54, 1.807) is 18.3 Å². The van der Waals surface area contributed by atoms with Gasteiger partial charge in [0.05, 0.1) is 11.0 Å². The van der Waals surface area contributed by atoms with Crippen molar-refractivity contribution in [1.82, 2.24) is 20.2 Å². The number of amides is 3. The molecule has 6 atom stereocenters. The van der Waals surface area contributed by atoms with Crippen LogP contribution in [0.1, 0.15) is 52.0 Å². The van der Waals surface area contributed by atoms with Gasteiger partial charge in [0, 0.05) is 47.6 Å². The SMILES string of the molecule is C[C@@H]1[C@H](c2c(F)ccc(F)c2F)C[C@H](NC(=O)c2cnc3c(c2)C[C@@]2(C3)C(=O)Nc3ncccc32)C(=O)N1CC(F)(F)F.O=C(O)[C@H](O)[C@@H](O)C(=O)O. The van der Waals surface area contributed by atoms with Gasteiger partial charge in [-0.2, -0.15) is 13.2 Å². The Kier molecular flexibility index (Phi) is 10.5. The van der Waals surface area contributed by atoms with Gasteiger partial charge in [-0.05, 0) is 49.6 Å². The molecule has 0 bridgehead atoms. The quantitative estimate of drug-likeness (QED) is 0.151. The lowest BCUT2D eigenvalue weighted by Crippen LogP contribution is -2.60. The van der Waals surface area contributed by atoms with Crippen LogP contribution in [0.15, 0.2) is 42.7 Å². The highest BCUT2D eigenvalue weighted by molar-refractivity contribution is 6.06. The standard InChI is InChI=1S/C29H23F6N5O3.C4H6O6/c1-13-16(22-18(30)4-5-19(31)23(22)32)8-20(26(42)40(13)12-29(33,34)35)38-25(41)15-7-14-9-28(10-21(14)37-11-15)17-3-2-6-36-24(17)39-27(28)43;5-1(3(7)8)2(6)4(9)10/h2-7,11,13,16,20H,8-10,12H2,1H3,(H,38,41)(H,36,39,43);1-2,5-6H,(H,7,8)(H,9,10)/t13-,16-,20+,28+;1-,2-/m11/s1. The average molecular weight is 754 g/mol. The first-order valence-corrected chi connectivity index (χ1v) is 15.6. The van der Waals surface area contributed by atoms with Crippen molar-refractivity contribution in [2.24, 2.45) is 0 Å². The van der Waals surface area contributed by atoms with Crippen molar-refractivity contribution in [2.75, 3.05) is 11.9 Å². The number of carbonyl (C=O) groups is 5. The van der Waals surface area contributed by atoms with Gasteiger partial charge in [-0.1, -0.05) is 6.07 Å². The molecule has 282 valence electrons. The first kappa shape index (κ1) is 38.6. The minimum atomic E-state index is -4.86. The lowest BCUT2D eigenvalue weighted by molar-refractivity contribution is -0.170. The zero-order chi connectivity index (χ0) is 39.2. The van der Waals surface area contributed by atoms with Gasteiger partial charge >= 0.3 is 18.1 Å². The summed E-state index contributed by atoms with van der Waals surface area (Å²) in [5, 5.41) is 37.7. The molecular weight excluding hydrogens is 724 g/mol. The van der Waals surface area contributed by atoms with Gasteiger partial charge in [-0.25, -0.2) is 27.7 Å². The number of hydrogen-bond donors (Lipinski definition) is 6. The highest BCUT2D eigenvalue weighted by atomic mass is 19.4. The number of fused-ring (bicyclic) bond motifs is 3. The van der Waals surface area contributed by atoms with E-state index < -0.39 is 102 Å². The van der Waals surface area contributed by atoms with E-state index in [0.29, 0.717) is 39.7 Å². The monoisotopic (exact) mass is 753 g/mol. The van der Waals surface area contributed by atoms with E-state index in [9.17, 15) is 50.3 Å². The maximum atomic E-state index is 14.7. The molecule has 4 heterocycles. The van der Waals surface area contributed by atoms with Crippen molar-refractivity contribution in [1.29, 1.82) is 0 Å². The van der Waals surface area contributed by atoms with E-state index in [2.05, 4.69) is 20.6 Å². The summed E-state index contributed by atoms with van der Waals surface area (Å²) < 4.78 is 83.8. The number of carboxylic acids is 2. The third kappa shape index (κ3) is 7.49. The molecule has 3 aliphatic rings. The van der Waals surface area contributed by atoms with Crippen LogP contribution in [0.3, 0.4) is 0 Å². The number of aliphatic carboxylic acids is 2. The van der Waals surface area contributed by atoms with Crippen molar-refractivity contribution < 1.29 is 70.7 Å². The smallest absolute Gasteiger partial charge is 0.406 e. The molecule has 0 radical (unpaired) electrons. The van der Waals surface area contributed by atoms with Gasteiger partial charge in [0.1, 0.15) is 24.2 Å². The Balaban J connectivity index is 0.000000476. The Hall–Kier alpha value is -5.63. The van der Waals surface area contributed by atoms with Crippen molar-refractivity contribution >= 4 is 35.5 Å². The van der Waals surface area contributed by atoms with E-state index in [-0.39, 0.29) is 24.3 Å². The Labute approximate surface area is 294 Å². The molecule has 3 aromatic rings. The Morgan fingerprint density at radius 3 is 2.28 bits per heavy atom. The molecule has 6 N–H and O–H groups in total. The number of carbonyl (C=O) groups excluding carboxylic acids is 3. The number of piperidine rings is 1. The number of carboxylic acid groups (broad SMARTS) is 2. The summed E-state index contributed by atoms with van der Waals surface area (Å²) in [5.41, 5.74) is 0.0460. The van der Waals surface area contributed by atoms with E-state index in [4.69, 9.17) is 20.4 Å². The number of rotatable bonds is 7. The summed E-state index contributed by atoms with van der Waals surface area (Å²) in [5.74, 6) is -10.9. The summed E-state index contributed by atoms with van der Waals surface area (Å²) in [6.07, 6.45) is -6.65. The summed E-state index contributed by atoms with van der Waals surface area (Å²) in [6, 6.07) is 3.19. The number of anilines is 1. The molecule has 1 fully saturated rings. The van der Waals surface area contributed by atoms with Crippen LogP contribution in [0.4, 0.5) is 32.2 Å². The predicted molar refractivity (Wildman–Crippen MR) is 166 cm³/mol. The van der Waals surface area contributed by atoms with Crippen LogP contribution >= 0.6 is 0 Å². The fourth-order valence-electron chi connectivity index (χ4n) is 6.70. The predicted octanol–water partition coefficient (Wildman–Crippen LogP) is 1.83. The Bertz CT molecular complexity index is 1980. The zero-order valence-corrected chi connectivity index (χ0v) is 27.2. The van der Waals surface area contributed by atoms with E-state index in [1.165, 1.54) is 19.2 Å². The molecule has 1 spiro atoms. The molecule has 0 saturated carbocycles. The van der Waals surface area contributed by atoms with Crippen LogP contribution < -0.4 is 10.6 Å². The molecule has 14 nitrogen and oxygen atoms in total. The number of aliphatic hydroxyl groups is 2. The highest BCUT2D eigenvalue weighted by Crippen LogP contribution is 2.46. The number of nitrogens with one attached hydrogen (secondary N) is 2. The topological polar surface area (TPSA) is 219 Å². The second-order valence-electron chi connectivity index (χ2n) is 12.6. The number of pyridine rings is 2. The van der Waals surface area contributed by atoms with Crippen LogP contribution in [0, 0.1) is 17.5 Å². The lowest BCUT2D eigenvalue weighted by Gasteiger charge is -2.43. The molecule has 2 aliphatic heterocycles. The summed E-state index contributed by atoms with van der Waals surface area (Å²) >= 11 is 0. The number of benzene rings is 1. The van der Waals surface area contributed by atoms with Crippen molar-refractivity contribution in [3.8, 4) is 0 Å². The highest BCUT2D eigenvalue weighted by Gasteiger charge is 2.52. The zero-order valence-electron chi connectivity index (χ0n) is 27.2. The lowest BCUT2D eigenvalue weighted by atomic mass is 9.80. The van der Waals surface area contributed by atoms with Crippen LogP contribution in [0.5, 0.6) is 0 Å². The summed E-state index contributed by atoms with van der Waals surface area (Å²) in [6.45, 7) is -0.557. The van der Waals surface area contributed by atoms with Gasteiger partial charge in [0.2, 0.25) is 11.8 Å². The third-order valence-electron chi connectivity index (χ3n) is 9.33. The van der Waals surface area contributed by atoms with Crippen molar-refractivity contribution in [3.05, 3.63) is 88.1 Å². The van der Waals surface area contributed by atoms with Crippen LogP contribution in [0.2, 0.25) is 0 Å². The number of alkyl halides is 3. The van der Waals surface area contributed by atoms with Gasteiger partial charge in [0.15, 0.2) is 23.8 Å². The number of likely N-dealkylation sites (tertiary alicyclic amines) is 1. The fraction of sp³-hybridized carbons (Fsp3) is 0.364. The van der Waals surface area contributed by atoms with Crippen molar-refractivity contribution in [3.63, 3.8) is 0 Å². The Morgan fingerprint density at radius 2 is 1.66 bits per heavy atom. The fourth-order valence-corrected chi connectivity index (χ4v) is 6.70. The number of aliphatic hydroxyl groups excluding tert-OH is 2. The molecule has 53 heavy (non-hydrogen) atoms. The minimum absolute atomic E-state index is 0.0333. The molecule has 2 aromatic heterocycles. The van der Waals surface area contributed by atoms with Gasteiger partial charge in [-0.15, -0.1) is 0 Å². The molecular formula is C33H29F6N5O9. The third-order valence-corrected chi connectivity index (χ3v) is 9.33. The number of aromatic nitrogens is 2. The second kappa shape index (κ2) is 14.4. The van der Waals surface area contributed by atoms with Crippen LogP contribution in [-0.2, 0) is 37.4 Å². The van der Waals surface area contributed by atoms with Gasteiger partial charge < -0.3 is 36.0 Å². The summed E-state index contributed by atoms with van der Waals surface area (Å²) in [4.78, 5) is 67.9. The maximum absolute atomic E-state index is 14.7. The molecule has 1 saturated heterocycles. The molecule has 1 aliphatic carbocycles. The molecule has 1 aromatic carbocycles. The molecule has 20 heteroatoms. The first-order chi connectivity index (χ1) is 24.8. The van der Waals surface area contributed by atoms with E-state index in [1.807, 2.05) is 0 Å². The van der Waals surface area contributed by atoms with Crippen molar-refractivity contribution in [2.45, 2.75) is 68.0 Å². The van der Waals surface area contributed by atoms with E-state index >= 15 is 0 Å². The van der Waals surface area contributed by atoms with E-state index in [0.717, 1.165) is 0 Å². The Morgan fingerprint density at radius 1 is 1.02 bits per heavy atom. The first-order valence-electron chi connectivity index (χ1n) is 15.6. The largest absolute Gasteiger partial charge is 0.479 e. The van der Waals surface area contributed by atoms with Gasteiger partial charge in [0.25, 0.3) is 5.91 Å². The normalized spacial score (nSPS) is 23.0. The number of hydrogen-bond acceptors (Lipinski definition) is 9. The van der Waals surface area contributed by atoms with Crippen LogP contribution in [-0.4, -0.2) is 102 Å². The minimum Gasteiger partial charge on any atom is -0.479 e. The molecule has 3 amide bonds. The van der Waals surface area contributed by atoms with Gasteiger partial charge in [-0.3, -0.25) is 19.4 Å². The molecule has 6 rings (SSSR count). The summed E-state index contributed by atoms with van der Waals surface area (Å²) in [7, 11) is 0. The second-order valence-corrected chi connectivity index (χ2v) is 12.6.